The van der Waals surface area contributed by atoms with E-state index in [9.17, 15) is 9.90 Å². The summed E-state index contributed by atoms with van der Waals surface area (Å²) in [5.74, 6) is -0.123. The van der Waals surface area contributed by atoms with E-state index >= 15 is 0 Å². The van der Waals surface area contributed by atoms with Crippen molar-refractivity contribution in [2.45, 2.75) is 6.42 Å². The Labute approximate surface area is 232 Å². The van der Waals surface area contributed by atoms with Crippen LogP contribution in [0.5, 0.6) is 5.88 Å². The Morgan fingerprint density at radius 1 is 1.05 bits per heavy atom. The number of likely N-dealkylation sites (N-methyl/N-ethyl adjacent to an activating group) is 1. The number of nitrogens with zero attached hydrogens (tertiary/aromatic N) is 4. The largest absolute Gasteiger partial charge is 0.494 e. The number of piperazine rings is 1. The number of hydrogen-bond donors (Lipinski definition) is 4. The van der Waals surface area contributed by atoms with E-state index in [4.69, 9.17) is 0 Å². The molecule has 1 fully saturated rings. The molecule has 0 aliphatic carbocycles. The number of amides is 1. The zero-order chi connectivity index (χ0) is 27.5. The third-order valence-corrected chi connectivity index (χ3v) is 7.30. The number of aromatic amines is 2. The number of anilines is 2. The summed E-state index contributed by atoms with van der Waals surface area (Å²) in [5, 5.41) is 20.9. The van der Waals surface area contributed by atoms with Crippen LogP contribution in [-0.2, 0) is 6.42 Å². The van der Waals surface area contributed by atoms with Gasteiger partial charge >= 0.3 is 0 Å². The van der Waals surface area contributed by atoms with Crippen molar-refractivity contribution in [1.29, 1.82) is 0 Å². The van der Waals surface area contributed by atoms with Crippen LogP contribution in [0.15, 0.2) is 84.1 Å². The Hall–Kier alpha value is -4.89. The number of H-pyrrole nitrogens is 2. The number of aliphatic imine (C=N–C) groups is 1. The minimum Gasteiger partial charge on any atom is -0.494 e. The van der Waals surface area contributed by atoms with Crippen molar-refractivity contribution < 1.29 is 9.90 Å². The number of carbonyl (C=O) groups excluding carboxylic acids is 1. The Kier molecular flexibility index (Phi) is 7.03. The lowest BCUT2D eigenvalue weighted by molar-refractivity contribution is 0.102. The second kappa shape index (κ2) is 11.1. The van der Waals surface area contributed by atoms with Crippen LogP contribution in [-0.4, -0.2) is 70.5 Å². The normalized spacial score (nSPS) is 14.3. The van der Waals surface area contributed by atoms with Gasteiger partial charge in [-0.1, -0.05) is 18.2 Å². The molecule has 1 saturated heterocycles. The number of hydrogen-bond acceptors (Lipinski definition) is 6. The van der Waals surface area contributed by atoms with Crippen LogP contribution >= 0.6 is 0 Å². The summed E-state index contributed by atoms with van der Waals surface area (Å²) < 4.78 is 0. The highest BCUT2D eigenvalue weighted by atomic mass is 16.3. The minimum atomic E-state index is -0.215. The SMILES string of the molecule is CN1CCN(c2ccc(N=Cc3c(O)[nH]c4ccc(Cc5cccc(NC(=O)c6cn[nH]c6)c5)cc34)cc2)CC1. The molecular formula is C31H31N7O2. The average molecular weight is 534 g/mol. The van der Waals surface area contributed by atoms with E-state index in [1.165, 1.54) is 11.9 Å². The first kappa shape index (κ1) is 25.4. The molecule has 0 spiro atoms. The summed E-state index contributed by atoms with van der Waals surface area (Å²) in [7, 11) is 2.15. The topological polar surface area (TPSA) is 113 Å². The van der Waals surface area contributed by atoms with E-state index in [2.05, 4.69) is 60.5 Å². The molecule has 9 nitrogen and oxygen atoms in total. The molecule has 3 aromatic carbocycles. The van der Waals surface area contributed by atoms with Crippen LogP contribution in [0.4, 0.5) is 17.1 Å². The van der Waals surface area contributed by atoms with E-state index in [0.29, 0.717) is 17.5 Å². The van der Waals surface area contributed by atoms with Gasteiger partial charge in [0, 0.05) is 60.9 Å². The number of carbonyl (C=O) groups is 1. The first-order valence-corrected chi connectivity index (χ1v) is 13.3. The Balaban J connectivity index is 1.17. The van der Waals surface area contributed by atoms with Crippen LogP contribution in [0.3, 0.4) is 0 Å². The van der Waals surface area contributed by atoms with Gasteiger partial charge in [-0.2, -0.15) is 5.10 Å². The third-order valence-electron chi connectivity index (χ3n) is 7.30. The predicted octanol–water partition coefficient (Wildman–Crippen LogP) is 4.94. The van der Waals surface area contributed by atoms with Gasteiger partial charge in [0.1, 0.15) is 0 Å². The van der Waals surface area contributed by atoms with E-state index in [0.717, 1.165) is 59.6 Å². The summed E-state index contributed by atoms with van der Waals surface area (Å²) in [6.07, 6.45) is 5.44. The van der Waals surface area contributed by atoms with Crippen molar-refractivity contribution in [1.82, 2.24) is 20.1 Å². The van der Waals surface area contributed by atoms with Gasteiger partial charge in [0.15, 0.2) is 5.88 Å². The number of benzene rings is 3. The lowest BCUT2D eigenvalue weighted by Crippen LogP contribution is -2.44. The highest BCUT2D eigenvalue weighted by Gasteiger charge is 2.14. The van der Waals surface area contributed by atoms with Gasteiger partial charge in [-0.05, 0) is 73.1 Å². The summed E-state index contributed by atoms with van der Waals surface area (Å²) in [6.45, 7) is 4.18. The van der Waals surface area contributed by atoms with Crippen molar-refractivity contribution in [3.8, 4) is 5.88 Å². The lowest BCUT2D eigenvalue weighted by atomic mass is 10.0. The summed E-state index contributed by atoms with van der Waals surface area (Å²) in [6, 6.07) is 22.1. The quantitative estimate of drug-likeness (QED) is 0.221. The Morgan fingerprint density at radius 3 is 2.62 bits per heavy atom. The van der Waals surface area contributed by atoms with Crippen LogP contribution in [0.25, 0.3) is 10.9 Å². The second-order valence-electron chi connectivity index (χ2n) is 10.2. The van der Waals surface area contributed by atoms with Crippen molar-refractivity contribution >= 4 is 40.1 Å². The zero-order valence-corrected chi connectivity index (χ0v) is 22.3. The molecule has 0 unspecified atom stereocenters. The van der Waals surface area contributed by atoms with E-state index in [-0.39, 0.29) is 11.8 Å². The maximum absolute atomic E-state index is 12.4. The molecule has 1 aliphatic heterocycles. The summed E-state index contributed by atoms with van der Waals surface area (Å²) >= 11 is 0. The third kappa shape index (κ3) is 5.60. The highest BCUT2D eigenvalue weighted by Crippen LogP contribution is 2.29. The van der Waals surface area contributed by atoms with Gasteiger partial charge < -0.3 is 25.2 Å². The molecule has 0 radical (unpaired) electrons. The number of nitrogens with one attached hydrogen (secondary N) is 3. The second-order valence-corrected chi connectivity index (χ2v) is 10.2. The van der Waals surface area contributed by atoms with Crippen molar-refractivity contribution in [2.24, 2.45) is 4.99 Å². The van der Waals surface area contributed by atoms with Gasteiger partial charge in [-0.3, -0.25) is 14.9 Å². The van der Waals surface area contributed by atoms with Crippen LogP contribution in [0.2, 0.25) is 0 Å². The maximum atomic E-state index is 12.4. The number of rotatable bonds is 7. The Morgan fingerprint density at radius 2 is 1.85 bits per heavy atom. The molecule has 0 atom stereocenters. The van der Waals surface area contributed by atoms with Crippen molar-refractivity contribution in [3.05, 3.63) is 101 Å². The first-order chi connectivity index (χ1) is 19.5. The molecule has 0 bridgehead atoms. The van der Waals surface area contributed by atoms with Gasteiger partial charge in [-0.25, -0.2) is 0 Å². The van der Waals surface area contributed by atoms with Crippen LogP contribution in [0.1, 0.15) is 27.0 Å². The smallest absolute Gasteiger partial charge is 0.258 e. The van der Waals surface area contributed by atoms with Crippen molar-refractivity contribution in [2.75, 3.05) is 43.4 Å². The molecular weight excluding hydrogens is 502 g/mol. The highest BCUT2D eigenvalue weighted by molar-refractivity contribution is 6.04. The standard InChI is InChI=1S/C31H31N7O2/c1-37-11-13-38(14-12-37)26-8-6-24(7-9-26)32-20-28-27-17-22(5-10-29(27)36-31(28)40)15-21-3-2-4-25(16-21)35-30(39)23-18-33-34-19-23/h2-10,16-20,36,40H,11-15H2,1H3,(H,33,34)(H,35,39). The molecule has 1 aliphatic rings. The summed E-state index contributed by atoms with van der Waals surface area (Å²) in [5.41, 5.74) is 6.86. The molecule has 1 amide bonds. The molecule has 2 aromatic heterocycles. The fraction of sp³-hybridized carbons (Fsp3) is 0.194. The number of aromatic nitrogens is 3. The molecule has 4 N–H and O–H groups in total. The minimum absolute atomic E-state index is 0.0916. The van der Waals surface area contributed by atoms with Crippen molar-refractivity contribution in [3.63, 3.8) is 0 Å². The molecule has 202 valence electrons. The maximum Gasteiger partial charge on any atom is 0.258 e. The molecule has 5 aromatic rings. The summed E-state index contributed by atoms with van der Waals surface area (Å²) in [4.78, 5) is 24.8. The van der Waals surface area contributed by atoms with E-state index in [1.54, 1.807) is 12.4 Å². The fourth-order valence-corrected chi connectivity index (χ4v) is 5.01. The monoisotopic (exact) mass is 533 g/mol. The van der Waals surface area contributed by atoms with Crippen LogP contribution < -0.4 is 10.2 Å². The molecule has 9 heteroatoms. The van der Waals surface area contributed by atoms with E-state index in [1.807, 2.05) is 48.5 Å². The van der Waals surface area contributed by atoms with Crippen LogP contribution in [0, 0.1) is 0 Å². The lowest BCUT2D eigenvalue weighted by Gasteiger charge is -2.34. The molecule has 3 heterocycles. The first-order valence-electron chi connectivity index (χ1n) is 13.3. The zero-order valence-electron chi connectivity index (χ0n) is 22.3. The number of aromatic hydroxyl groups is 1. The van der Waals surface area contributed by atoms with Gasteiger partial charge in [0.2, 0.25) is 0 Å². The van der Waals surface area contributed by atoms with Gasteiger partial charge in [-0.15, -0.1) is 0 Å². The average Bonchev–Trinajstić information content (AvgIpc) is 3.61. The van der Waals surface area contributed by atoms with Gasteiger partial charge in [0.25, 0.3) is 5.91 Å². The Bertz CT molecular complexity index is 1650. The molecule has 6 rings (SSSR count). The number of fused-ring (bicyclic) bond motifs is 1. The van der Waals surface area contributed by atoms with Gasteiger partial charge in [0.05, 0.1) is 23.0 Å². The molecule has 40 heavy (non-hydrogen) atoms. The molecule has 0 saturated carbocycles. The fourth-order valence-electron chi connectivity index (χ4n) is 5.01. The predicted molar refractivity (Wildman–Crippen MR) is 159 cm³/mol. The van der Waals surface area contributed by atoms with E-state index < -0.39 is 0 Å².